The van der Waals surface area contributed by atoms with E-state index in [0.29, 0.717) is 0 Å². The quantitative estimate of drug-likeness (QED) is 0.751. The largest absolute Gasteiger partial charge is 0.467 e. The zero-order chi connectivity index (χ0) is 15.5. The first-order valence-corrected chi connectivity index (χ1v) is 6.88. The van der Waals surface area contributed by atoms with Crippen molar-refractivity contribution in [1.29, 1.82) is 0 Å². The van der Waals surface area contributed by atoms with Crippen molar-refractivity contribution >= 4 is 17.0 Å². The molecule has 0 fully saturated rings. The van der Waals surface area contributed by atoms with E-state index in [1.54, 1.807) is 0 Å². The molecule has 0 amide bonds. The van der Waals surface area contributed by atoms with Crippen LogP contribution < -0.4 is 0 Å². The summed E-state index contributed by atoms with van der Waals surface area (Å²) in [6, 6.07) is 15.3. The standard InChI is InChI=1S/C17H16N2O3/c1-21-15(17(20)22-2)11-6-5-7-12(10-11)16-18-13-8-3-4-9-14(13)19-16/h3-10,15H,1-2H3,(H,18,19). The Morgan fingerprint density at radius 1 is 1.14 bits per heavy atom. The molecule has 0 aliphatic rings. The predicted molar refractivity (Wildman–Crippen MR) is 83.3 cm³/mol. The number of fused-ring (bicyclic) bond motifs is 1. The van der Waals surface area contributed by atoms with E-state index in [1.807, 2.05) is 48.5 Å². The van der Waals surface area contributed by atoms with Gasteiger partial charge in [0.25, 0.3) is 0 Å². The number of carbonyl (C=O) groups is 1. The van der Waals surface area contributed by atoms with Crippen LogP contribution in [0.25, 0.3) is 22.4 Å². The molecule has 5 nitrogen and oxygen atoms in total. The third-order valence-electron chi connectivity index (χ3n) is 3.50. The number of nitrogens with zero attached hydrogens (tertiary/aromatic N) is 1. The molecule has 5 heteroatoms. The third kappa shape index (κ3) is 2.58. The van der Waals surface area contributed by atoms with Crippen molar-refractivity contribution in [3.05, 3.63) is 54.1 Å². The minimum Gasteiger partial charge on any atom is -0.467 e. The van der Waals surface area contributed by atoms with E-state index in [9.17, 15) is 4.79 Å². The van der Waals surface area contributed by atoms with Gasteiger partial charge in [0.1, 0.15) is 5.82 Å². The topological polar surface area (TPSA) is 64.2 Å². The summed E-state index contributed by atoms with van der Waals surface area (Å²) in [5, 5.41) is 0. The summed E-state index contributed by atoms with van der Waals surface area (Å²) in [6.45, 7) is 0. The van der Waals surface area contributed by atoms with Crippen molar-refractivity contribution < 1.29 is 14.3 Å². The van der Waals surface area contributed by atoms with Gasteiger partial charge in [0, 0.05) is 12.7 Å². The number of methoxy groups -OCH3 is 2. The Morgan fingerprint density at radius 2 is 1.95 bits per heavy atom. The predicted octanol–water partition coefficient (Wildman–Crippen LogP) is 3.09. The van der Waals surface area contributed by atoms with Gasteiger partial charge in [-0.05, 0) is 23.8 Å². The Kier molecular flexibility index (Phi) is 3.89. The Balaban J connectivity index is 2.01. The molecule has 1 unspecified atom stereocenters. The summed E-state index contributed by atoms with van der Waals surface area (Å²) >= 11 is 0. The zero-order valence-corrected chi connectivity index (χ0v) is 12.4. The van der Waals surface area contributed by atoms with Crippen molar-refractivity contribution in [1.82, 2.24) is 9.97 Å². The Morgan fingerprint density at radius 3 is 2.68 bits per heavy atom. The number of carbonyl (C=O) groups excluding carboxylic acids is 1. The third-order valence-corrected chi connectivity index (χ3v) is 3.50. The Labute approximate surface area is 127 Å². The molecule has 0 aliphatic heterocycles. The van der Waals surface area contributed by atoms with Crippen LogP contribution >= 0.6 is 0 Å². The van der Waals surface area contributed by atoms with E-state index >= 15 is 0 Å². The molecule has 0 spiro atoms. The van der Waals surface area contributed by atoms with Crippen molar-refractivity contribution in [3.8, 4) is 11.4 Å². The van der Waals surface area contributed by atoms with Crippen LogP contribution in [0.3, 0.4) is 0 Å². The second-order valence-corrected chi connectivity index (χ2v) is 4.87. The maximum atomic E-state index is 11.8. The van der Waals surface area contributed by atoms with Crippen LogP contribution in [0.15, 0.2) is 48.5 Å². The number of esters is 1. The molecule has 3 aromatic rings. The highest BCUT2D eigenvalue weighted by molar-refractivity contribution is 5.80. The molecule has 22 heavy (non-hydrogen) atoms. The van der Waals surface area contributed by atoms with Crippen LogP contribution in [0, 0.1) is 0 Å². The molecular weight excluding hydrogens is 280 g/mol. The number of hydrogen-bond donors (Lipinski definition) is 1. The number of H-pyrrole nitrogens is 1. The molecule has 0 saturated heterocycles. The second-order valence-electron chi connectivity index (χ2n) is 4.87. The van der Waals surface area contributed by atoms with Crippen molar-refractivity contribution in [2.45, 2.75) is 6.10 Å². The van der Waals surface area contributed by atoms with Gasteiger partial charge in [-0.2, -0.15) is 0 Å². The van der Waals surface area contributed by atoms with E-state index in [-0.39, 0.29) is 0 Å². The van der Waals surface area contributed by atoms with E-state index in [4.69, 9.17) is 9.47 Å². The number of aromatic nitrogens is 2. The van der Waals surface area contributed by atoms with Gasteiger partial charge in [-0.1, -0.05) is 30.3 Å². The maximum Gasteiger partial charge on any atom is 0.339 e. The summed E-state index contributed by atoms with van der Waals surface area (Å²) in [5.41, 5.74) is 3.49. The summed E-state index contributed by atoms with van der Waals surface area (Å²) in [5.74, 6) is 0.326. The molecule has 1 heterocycles. The average Bonchev–Trinajstić information content (AvgIpc) is 3.00. The van der Waals surface area contributed by atoms with Crippen LogP contribution in [0.2, 0.25) is 0 Å². The fourth-order valence-electron chi connectivity index (χ4n) is 2.41. The first-order valence-electron chi connectivity index (χ1n) is 6.88. The molecule has 112 valence electrons. The molecule has 2 aromatic carbocycles. The molecule has 0 aliphatic carbocycles. The molecule has 0 bridgehead atoms. The van der Waals surface area contributed by atoms with Gasteiger partial charge in [0.2, 0.25) is 0 Å². The summed E-state index contributed by atoms with van der Waals surface area (Å²) in [4.78, 5) is 19.6. The number of ether oxygens (including phenoxy) is 2. The second kappa shape index (κ2) is 5.99. The lowest BCUT2D eigenvalue weighted by Crippen LogP contribution is -2.16. The number of para-hydroxylation sites is 2. The lowest BCUT2D eigenvalue weighted by molar-refractivity contribution is -0.152. The van der Waals surface area contributed by atoms with Gasteiger partial charge in [-0.15, -0.1) is 0 Å². The highest BCUT2D eigenvalue weighted by Crippen LogP contribution is 2.25. The van der Waals surface area contributed by atoms with Crippen molar-refractivity contribution in [2.75, 3.05) is 14.2 Å². The number of benzene rings is 2. The lowest BCUT2D eigenvalue weighted by Gasteiger charge is -2.13. The molecule has 0 radical (unpaired) electrons. The smallest absolute Gasteiger partial charge is 0.339 e. The van der Waals surface area contributed by atoms with Gasteiger partial charge in [-0.3, -0.25) is 0 Å². The van der Waals surface area contributed by atoms with E-state index in [1.165, 1.54) is 14.2 Å². The zero-order valence-electron chi connectivity index (χ0n) is 12.4. The molecule has 0 saturated carbocycles. The average molecular weight is 296 g/mol. The number of rotatable bonds is 4. The van der Waals surface area contributed by atoms with Crippen LogP contribution in [0.1, 0.15) is 11.7 Å². The summed E-state index contributed by atoms with van der Waals surface area (Å²) in [6.07, 6.45) is -0.741. The van der Waals surface area contributed by atoms with Crippen LogP contribution in [0.4, 0.5) is 0 Å². The lowest BCUT2D eigenvalue weighted by atomic mass is 10.1. The van der Waals surface area contributed by atoms with Crippen LogP contribution in [-0.4, -0.2) is 30.2 Å². The maximum absolute atomic E-state index is 11.8. The SMILES string of the molecule is COC(=O)C(OC)c1cccc(-c2nc3ccccc3[nH]2)c1. The monoisotopic (exact) mass is 296 g/mol. The molecule has 1 N–H and O–H groups in total. The fraction of sp³-hybridized carbons (Fsp3) is 0.176. The number of hydrogen-bond acceptors (Lipinski definition) is 4. The van der Waals surface area contributed by atoms with Crippen molar-refractivity contribution in [3.63, 3.8) is 0 Å². The number of nitrogens with one attached hydrogen (secondary N) is 1. The molecule has 1 atom stereocenters. The molecule has 3 rings (SSSR count). The summed E-state index contributed by atoms with van der Waals surface area (Å²) in [7, 11) is 2.83. The summed E-state index contributed by atoms with van der Waals surface area (Å²) < 4.78 is 10.00. The van der Waals surface area contributed by atoms with E-state index in [2.05, 4.69) is 9.97 Å². The molecule has 1 aromatic heterocycles. The first kappa shape index (κ1) is 14.3. The van der Waals surface area contributed by atoms with Crippen LogP contribution in [0.5, 0.6) is 0 Å². The highest BCUT2D eigenvalue weighted by atomic mass is 16.6. The van der Waals surface area contributed by atoms with Gasteiger partial charge in [0.05, 0.1) is 18.1 Å². The van der Waals surface area contributed by atoms with Gasteiger partial charge in [-0.25, -0.2) is 9.78 Å². The van der Waals surface area contributed by atoms with Gasteiger partial charge in [0.15, 0.2) is 6.10 Å². The van der Waals surface area contributed by atoms with Crippen LogP contribution in [-0.2, 0) is 14.3 Å². The first-order chi connectivity index (χ1) is 10.7. The number of aromatic amines is 1. The molecular formula is C17H16N2O3. The Bertz CT molecular complexity index is 777. The Hall–Kier alpha value is -2.66. The highest BCUT2D eigenvalue weighted by Gasteiger charge is 2.21. The van der Waals surface area contributed by atoms with E-state index < -0.39 is 12.1 Å². The number of imidazole rings is 1. The fourth-order valence-corrected chi connectivity index (χ4v) is 2.41. The minimum atomic E-state index is -0.741. The van der Waals surface area contributed by atoms with Crippen molar-refractivity contribution in [2.24, 2.45) is 0 Å². The minimum absolute atomic E-state index is 0.427. The van der Waals surface area contributed by atoms with Gasteiger partial charge >= 0.3 is 5.97 Å². The van der Waals surface area contributed by atoms with Gasteiger partial charge < -0.3 is 14.5 Å². The van der Waals surface area contributed by atoms with E-state index in [0.717, 1.165) is 28.0 Å². The normalized spacial score (nSPS) is 12.3.